The summed E-state index contributed by atoms with van der Waals surface area (Å²) in [5.74, 6) is 0.205. The smallest absolute Gasteiger partial charge is 0.273 e. The van der Waals surface area contributed by atoms with E-state index < -0.39 is 0 Å². The largest absolute Gasteiger partial charge is 0.396 e. The first-order valence-electron chi connectivity index (χ1n) is 6.36. The summed E-state index contributed by atoms with van der Waals surface area (Å²) in [6.45, 7) is 4.18. The Bertz CT molecular complexity index is 496. The van der Waals surface area contributed by atoms with E-state index >= 15 is 0 Å². The van der Waals surface area contributed by atoms with Gasteiger partial charge in [0.1, 0.15) is 0 Å². The minimum atomic E-state index is -0.205. The van der Waals surface area contributed by atoms with E-state index in [1.54, 1.807) is 0 Å². The van der Waals surface area contributed by atoms with Crippen LogP contribution in [0.25, 0.3) is 0 Å². The van der Waals surface area contributed by atoms with Crippen LogP contribution in [0.3, 0.4) is 0 Å². The lowest BCUT2D eigenvalue weighted by Gasteiger charge is -2.11. The molecule has 0 bridgehead atoms. The highest BCUT2D eigenvalue weighted by Crippen LogP contribution is 2.26. The number of hydrogen-bond acceptors (Lipinski definition) is 3. The fourth-order valence-electron chi connectivity index (χ4n) is 2.13. The molecular formula is C13H18BrN3O2. The predicted octanol–water partition coefficient (Wildman–Crippen LogP) is 1.96. The number of hydrogen-bond donors (Lipinski definition) is 3. The Morgan fingerprint density at radius 2 is 2.37 bits per heavy atom. The lowest BCUT2D eigenvalue weighted by atomic mass is 10.1. The molecule has 1 heterocycles. The fourth-order valence-corrected chi connectivity index (χ4v) is 2.94. The van der Waals surface area contributed by atoms with Crippen LogP contribution in [0.1, 0.15) is 42.4 Å². The first kappa shape index (κ1) is 14.3. The van der Waals surface area contributed by atoms with E-state index in [2.05, 4.69) is 31.4 Å². The van der Waals surface area contributed by atoms with Crippen LogP contribution in [0.4, 0.5) is 0 Å². The Balaban J connectivity index is 2.03. The Labute approximate surface area is 120 Å². The van der Waals surface area contributed by atoms with Crippen molar-refractivity contribution in [1.82, 2.24) is 15.5 Å². The average molecular weight is 328 g/mol. The third kappa shape index (κ3) is 3.06. The summed E-state index contributed by atoms with van der Waals surface area (Å²) in [4.78, 5) is 12.1. The summed E-state index contributed by atoms with van der Waals surface area (Å²) < 4.78 is 0.723. The molecule has 1 aromatic rings. The van der Waals surface area contributed by atoms with Crippen molar-refractivity contribution < 1.29 is 9.90 Å². The number of rotatable bonds is 4. The number of carbonyl (C=O) groups excluding carboxylic acids is 1. The van der Waals surface area contributed by atoms with Crippen LogP contribution in [0, 0.1) is 5.92 Å². The van der Waals surface area contributed by atoms with Crippen molar-refractivity contribution in [2.75, 3.05) is 6.61 Å². The molecule has 0 radical (unpaired) electrons. The number of aliphatic hydroxyl groups is 1. The molecule has 104 valence electrons. The Kier molecular flexibility index (Phi) is 4.42. The number of aromatic nitrogens is 2. The molecule has 3 N–H and O–H groups in total. The number of halogens is 1. The van der Waals surface area contributed by atoms with Gasteiger partial charge in [0.25, 0.3) is 5.91 Å². The lowest BCUT2D eigenvalue weighted by molar-refractivity contribution is 0.0935. The summed E-state index contributed by atoms with van der Waals surface area (Å²) in [5.41, 5.74) is 1.30. The highest BCUT2D eigenvalue weighted by Gasteiger charge is 2.24. The second-order valence-electron chi connectivity index (χ2n) is 5.10. The maximum Gasteiger partial charge on any atom is 0.273 e. The molecule has 2 rings (SSSR count). The monoisotopic (exact) mass is 327 g/mol. The SMILES string of the molecule is CC(C)c1[nH]nc(C(=O)N[C@@H]2C=C[C@H](CO)C2)c1Br. The van der Waals surface area contributed by atoms with Crippen molar-refractivity contribution in [3.8, 4) is 0 Å². The van der Waals surface area contributed by atoms with Gasteiger partial charge in [-0.1, -0.05) is 26.0 Å². The van der Waals surface area contributed by atoms with Crippen LogP contribution in [0.5, 0.6) is 0 Å². The average Bonchev–Trinajstić information content (AvgIpc) is 2.95. The van der Waals surface area contributed by atoms with Gasteiger partial charge in [-0.05, 0) is 28.3 Å². The van der Waals surface area contributed by atoms with E-state index in [9.17, 15) is 4.79 Å². The van der Waals surface area contributed by atoms with Gasteiger partial charge in [0.2, 0.25) is 0 Å². The van der Waals surface area contributed by atoms with Gasteiger partial charge in [-0.25, -0.2) is 0 Å². The molecule has 0 saturated carbocycles. The number of amides is 1. The molecule has 0 aliphatic heterocycles. The van der Waals surface area contributed by atoms with E-state index in [0.29, 0.717) is 5.69 Å². The van der Waals surface area contributed by atoms with Crippen molar-refractivity contribution >= 4 is 21.8 Å². The van der Waals surface area contributed by atoms with Gasteiger partial charge >= 0.3 is 0 Å². The minimum Gasteiger partial charge on any atom is -0.396 e. The highest BCUT2D eigenvalue weighted by molar-refractivity contribution is 9.10. The molecule has 1 aliphatic rings. The molecule has 1 aliphatic carbocycles. The van der Waals surface area contributed by atoms with Gasteiger partial charge in [0.15, 0.2) is 5.69 Å². The van der Waals surface area contributed by atoms with Crippen molar-refractivity contribution in [1.29, 1.82) is 0 Å². The molecule has 2 atom stereocenters. The number of nitrogens with zero attached hydrogens (tertiary/aromatic N) is 1. The Morgan fingerprint density at radius 3 is 2.89 bits per heavy atom. The molecule has 0 unspecified atom stereocenters. The van der Waals surface area contributed by atoms with Gasteiger partial charge in [0, 0.05) is 18.6 Å². The zero-order valence-corrected chi connectivity index (χ0v) is 12.6. The van der Waals surface area contributed by atoms with Crippen molar-refractivity contribution in [2.45, 2.75) is 32.2 Å². The van der Waals surface area contributed by atoms with E-state index in [0.717, 1.165) is 16.6 Å². The molecule has 5 nitrogen and oxygen atoms in total. The minimum absolute atomic E-state index is 0.0317. The van der Waals surface area contributed by atoms with Crippen molar-refractivity contribution in [3.63, 3.8) is 0 Å². The van der Waals surface area contributed by atoms with E-state index in [1.165, 1.54) is 0 Å². The second kappa shape index (κ2) is 5.88. The van der Waals surface area contributed by atoms with Gasteiger partial charge in [-0.15, -0.1) is 0 Å². The summed E-state index contributed by atoms with van der Waals surface area (Å²) >= 11 is 3.41. The fraction of sp³-hybridized carbons (Fsp3) is 0.538. The van der Waals surface area contributed by atoms with Gasteiger partial charge in [0.05, 0.1) is 10.2 Å². The molecule has 0 aromatic carbocycles. The van der Waals surface area contributed by atoms with Crippen molar-refractivity contribution in [3.05, 3.63) is 28.0 Å². The molecule has 6 heteroatoms. The van der Waals surface area contributed by atoms with Crippen LogP contribution in [-0.2, 0) is 0 Å². The molecule has 19 heavy (non-hydrogen) atoms. The summed E-state index contributed by atoms with van der Waals surface area (Å²) in [6, 6.07) is -0.0317. The lowest BCUT2D eigenvalue weighted by Crippen LogP contribution is -2.33. The number of aromatic amines is 1. The standard InChI is InChI=1S/C13H18BrN3O2/c1-7(2)11-10(14)12(17-16-11)13(19)15-9-4-3-8(5-9)6-18/h3-4,7-9,18H,5-6H2,1-2H3,(H,15,19)(H,16,17)/t8-,9+/m0/s1. The number of H-pyrrole nitrogens is 1. The second-order valence-corrected chi connectivity index (χ2v) is 5.89. The molecule has 1 amide bonds. The third-order valence-electron chi connectivity index (χ3n) is 3.25. The quantitative estimate of drug-likeness (QED) is 0.740. The number of aliphatic hydroxyl groups excluding tert-OH is 1. The van der Waals surface area contributed by atoms with Gasteiger partial charge < -0.3 is 10.4 Å². The first-order valence-corrected chi connectivity index (χ1v) is 7.16. The number of nitrogens with one attached hydrogen (secondary N) is 2. The summed E-state index contributed by atoms with van der Waals surface area (Å²) in [5, 5.41) is 18.9. The van der Waals surface area contributed by atoms with Crippen LogP contribution < -0.4 is 5.32 Å². The Morgan fingerprint density at radius 1 is 1.63 bits per heavy atom. The molecule has 0 spiro atoms. The maximum atomic E-state index is 12.1. The summed E-state index contributed by atoms with van der Waals surface area (Å²) in [6.07, 6.45) is 4.59. The third-order valence-corrected chi connectivity index (χ3v) is 4.05. The molecular weight excluding hydrogens is 310 g/mol. The Hall–Kier alpha value is -1.14. The van der Waals surface area contributed by atoms with Crippen LogP contribution >= 0.6 is 15.9 Å². The van der Waals surface area contributed by atoms with E-state index in [1.807, 2.05) is 26.0 Å². The van der Waals surface area contributed by atoms with E-state index in [4.69, 9.17) is 5.11 Å². The number of carbonyl (C=O) groups is 1. The van der Waals surface area contributed by atoms with Crippen LogP contribution in [0.2, 0.25) is 0 Å². The van der Waals surface area contributed by atoms with Gasteiger partial charge in [-0.3, -0.25) is 9.89 Å². The van der Waals surface area contributed by atoms with Crippen molar-refractivity contribution in [2.24, 2.45) is 5.92 Å². The predicted molar refractivity (Wildman–Crippen MR) is 76.0 cm³/mol. The topological polar surface area (TPSA) is 78.0 Å². The normalized spacial score (nSPS) is 22.2. The highest BCUT2D eigenvalue weighted by atomic mass is 79.9. The molecule has 1 aromatic heterocycles. The van der Waals surface area contributed by atoms with E-state index in [-0.39, 0.29) is 30.4 Å². The van der Waals surface area contributed by atoms with Crippen LogP contribution in [0.15, 0.2) is 16.6 Å². The molecule has 0 saturated heterocycles. The maximum absolute atomic E-state index is 12.1. The summed E-state index contributed by atoms with van der Waals surface area (Å²) in [7, 11) is 0. The zero-order valence-electron chi connectivity index (χ0n) is 11.0. The first-order chi connectivity index (χ1) is 9.02. The molecule has 0 fully saturated rings. The zero-order chi connectivity index (χ0) is 14.0. The van der Waals surface area contributed by atoms with Gasteiger partial charge in [-0.2, -0.15) is 5.10 Å². The van der Waals surface area contributed by atoms with Crippen LogP contribution in [-0.4, -0.2) is 33.9 Å².